The van der Waals surface area contributed by atoms with Crippen molar-refractivity contribution in [2.45, 2.75) is 38.5 Å². The van der Waals surface area contributed by atoms with E-state index in [1.54, 1.807) is 0 Å². The number of pyridine rings is 1. The molecular weight excluding hydrogens is 328 g/mol. The molecule has 4 rings (SSSR count). The van der Waals surface area contributed by atoms with Crippen molar-refractivity contribution in [3.8, 4) is 11.8 Å². The molecule has 2 fully saturated rings. The van der Waals surface area contributed by atoms with E-state index in [4.69, 9.17) is 9.47 Å². The first-order valence-corrected chi connectivity index (χ1v) is 9.28. The van der Waals surface area contributed by atoms with Gasteiger partial charge in [-0.15, -0.1) is 0 Å². The van der Waals surface area contributed by atoms with Gasteiger partial charge in [-0.1, -0.05) is 18.6 Å². The summed E-state index contributed by atoms with van der Waals surface area (Å²) in [6.07, 6.45) is 8.46. The quantitative estimate of drug-likeness (QED) is 0.602. The first-order valence-electron chi connectivity index (χ1n) is 9.28. The molecule has 134 valence electrons. The number of nitrogens with zero attached hydrogens (tertiary/aromatic N) is 2. The molecule has 2 aliphatic rings. The third-order valence-corrected chi connectivity index (χ3v) is 5.87. The number of rotatable bonds is 5. The Labute approximate surface area is 152 Å². The van der Waals surface area contributed by atoms with E-state index in [-0.39, 0.29) is 25.1 Å². The van der Waals surface area contributed by atoms with Gasteiger partial charge in [-0.25, -0.2) is 0 Å². The standard InChI is InChI=1S/C21H22N2O3/c22-13-16-14-23-18-5-2-1-4-17(18)19(16)25-10-11-26-20(24)15-6-9-21(12-15)7-3-8-21/h1-2,4-5,14-15H,3,6-12H2. The first kappa shape index (κ1) is 16.8. The van der Waals surface area contributed by atoms with Crippen molar-refractivity contribution in [1.29, 1.82) is 5.26 Å². The Morgan fingerprint density at radius 1 is 1.27 bits per heavy atom. The number of para-hydroxylation sites is 1. The molecule has 2 aromatic rings. The van der Waals surface area contributed by atoms with Gasteiger partial charge in [0.1, 0.15) is 30.6 Å². The zero-order chi connectivity index (χ0) is 18.0. The van der Waals surface area contributed by atoms with Crippen LogP contribution in [0.2, 0.25) is 0 Å². The lowest BCUT2D eigenvalue weighted by atomic mass is 9.67. The molecule has 1 aromatic carbocycles. The van der Waals surface area contributed by atoms with Crippen molar-refractivity contribution in [2.75, 3.05) is 13.2 Å². The van der Waals surface area contributed by atoms with Crippen molar-refractivity contribution in [3.05, 3.63) is 36.0 Å². The predicted molar refractivity (Wildman–Crippen MR) is 96.5 cm³/mol. The van der Waals surface area contributed by atoms with Gasteiger partial charge < -0.3 is 9.47 Å². The van der Waals surface area contributed by atoms with Gasteiger partial charge in [0.2, 0.25) is 0 Å². The summed E-state index contributed by atoms with van der Waals surface area (Å²) in [5.74, 6) is 0.452. The van der Waals surface area contributed by atoms with Crippen LogP contribution in [0.3, 0.4) is 0 Å². The van der Waals surface area contributed by atoms with Crippen LogP contribution in [-0.2, 0) is 9.53 Å². The fourth-order valence-electron chi connectivity index (χ4n) is 4.29. The number of nitriles is 1. The lowest BCUT2D eigenvalue weighted by molar-refractivity contribution is -0.149. The predicted octanol–water partition coefficient (Wildman–Crippen LogP) is 4.00. The zero-order valence-electron chi connectivity index (χ0n) is 14.7. The third-order valence-electron chi connectivity index (χ3n) is 5.87. The highest BCUT2D eigenvalue weighted by Gasteiger charge is 2.45. The van der Waals surface area contributed by atoms with Crippen LogP contribution in [0.5, 0.6) is 5.75 Å². The molecular formula is C21H22N2O3. The van der Waals surface area contributed by atoms with Gasteiger partial charge in [-0.2, -0.15) is 5.26 Å². The lowest BCUT2D eigenvalue weighted by Gasteiger charge is -2.38. The zero-order valence-corrected chi connectivity index (χ0v) is 14.7. The second kappa shape index (κ2) is 6.95. The normalized spacial score (nSPS) is 20.5. The molecule has 0 saturated heterocycles. The van der Waals surface area contributed by atoms with Crippen LogP contribution >= 0.6 is 0 Å². The van der Waals surface area contributed by atoms with E-state index in [0.29, 0.717) is 16.7 Å². The van der Waals surface area contributed by atoms with E-state index in [2.05, 4.69) is 11.1 Å². The van der Waals surface area contributed by atoms with Gasteiger partial charge in [-0.3, -0.25) is 9.78 Å². The van der Waals surface area contributed by atoms with E-state index >= 15 is 0 Å². The molecule has 0 bridgehead atoms. The number of hydrogen-bond acceptors (Lipinski definition) is 5. The molecule has 0 aliphatic heterocycles. The Hall–Kier alpha value is -2.61. The highest BCUT2D eigenvalue weighted by molar-refractivity contribution is 5.87. The Balaban J connectivity index is 1.33. The largest absolute Gasteiger partial charge is 0.488 e. The highest BCUT2D eigenvalue weighted by Crippen LogP contribution is 2.55. The first-order chi connectivity index (χ1) is 12.7. The lowest BCUT2D eigenvalue weighted by Crippen LogP contribution is -2.27. The van der Waals surface area contributed by atoms with Crippen molar-refractivity contribution in [1.82, 2.24) is 4.98 Å². The summed E-state index contributed by atoms with van der Waals surface area (Å²) < 4.78 is 11.2. The molecule has 26 heavy (non-hydrogen) atoms. The summed E-state index contributed by atoms with van der Waals surface area (Å²) in [5, 5.41) is 10.1. The number of hydrogen-bond donors (Lipinski definition) is 0. The maximum atomic E-state index is 12.3. The molecule has 5 nitrogen and oxygen atoms in total. The number of carbonyl (C=O) groups excluding carboxylic acids is 1. The molecule has 2 saturated carbocycles. The van der Waals surface area contributed by atoms with Crippen LogP contribution in [0.25, 0.3) is 10.9 Å². The van der Waals surface area contributed by atoms with Crippen LogP contribution in [-0.4, -0.2) is 24.2 Å². The minimum absolute atomic E-state index is 0.0479. The minimum Gasteiger partial charge on any atom is -0.488 e. The number of benzene rings is 1. The summed E-state index contributed by atoms with van der Waals surface area (Å²) in [6, 6.07) is 9.64. The van der Waals surface area contributed by atoms with Gasteiger partial charge in [0.25, 0.3) is 0 Å². The fourth-order valence-corrected chi connectivity index (χ4v) is 4.29. The van der Waals surface area contributed by atoms with Crippen molar-refractivity contribution < 1.29 is 14.3 Å². The Kier molecular flexibility index (Phi) is 4.50. The molecule has 1 aromatic heterocycles. The molecule has 1 spiro atoms. The van der Waals surface area contributed by atoms with Gasteiger partial charge in [0.05, 0.1) is 11.4 Å². The van der Waals surface area contributed by atoms with Crippen LogP contribution in [0.15, 0.2) is 30.5 Å². The van der Waals surface area contributed by atoms with E-state index in [1.807, 2.05) is 24.3 Å². The van der Waals surface area contributed by atoms with Gasteiger partial charge in [0, 0.05) is 11.6 Å². The molecule has 0 amide bonds. The Morgan fingerprint density at radius 2 is 2.12 bits per heavy atom. The van der Waals surface area contributed by atoms with Gasteiger partial charge >= 0.3 is 5.97 Å². The average molecular weight is 350 g/mol. The minimum atomic E-state index is -0.0996. The molecule has 5 heteroatoms. The summed E-state index contributed by atoms with van der Waals surface area (Å²) in [4.78, 5) is 16.5. The van der Waals surface area contributed by atoms with Gasteiger partial charge in [0.15, 0.2) is 0 Å². The summed E-state index contributed by atoms with van der Waals surface area (Å²) in [6.45, 7) is 0.427. The van der Waals surface area contributed by atoms with E-state index in [1.165, 1.54) is 25.5 Å². The number of esters is 1. The molecule has 0 radical (unpaired) electrons. The van der Waals surface area contributed by atoms with E-state index in [9.17, 15) is 10.1 Å². The second-order valence-electron chi connectivity index (χ2n) is 7.44. The molecule has 1 unspecified atom stereocenters. The number of fused-ring (bicyclic) bond motifs is 1. The monoisotopic (exact) mass is 350 g/mol. The number of carbonyl (C=O) groups is 1. The van der Waals surface area contributed by atoms with E-state index < -0.39 is 0 Å². The van der Waals surface area contributed by atoms with Crippen LogP contribution in [0.1, 0.15) is 44.1 Å². The van der Waals surface area contributed by atoms with Crippen LogP contribution < -0.4 is 4.74 Å². The Morgan fingerprint density at radius 3 is 2.85 bits per heavy atom. The van der Waals surface area contributed by atoms with Crippen molar-refractivity contribution in [2.24, 2.45) is 11.3 Å². The van der Waals surface area contributed by atoms with Gasteiger partial charge in [-0.05, 0) is 49.7 Å². The molecule has 1 atom stereocenters. The highest BCUT2D eigenvalue weighted by atomic mass is 16.6. The van der Waals surface area contributed by atoms with Crippen LogP contribution in [0, 0.1) is 22.7 Å². The third kappa shape index (κ3) is 3.12. The van der Waals surface area contributed by atoms with Crippen molar-refractivity contribution in [3.63, 3.8) is 0 Å². The number of ether oxygens (including phenoxy) is 2. The molecule has 2 aliphatic carbocycles. The maximum Gasteiger partial charge on any atom is 0.309 e. The summed E-state index contributed by atoms with van der Waals surface area (Å²) in [5.41, 5.74) is 1.60. The molecule has 0 N–H and O–H groups in total. The van der Waals surface area contributed by atoms with Crippen molar-refractivity contribution >= 4 is 16.9 Å². The smallest absolute Gasteiger partial charge is 0.309 e. The Bertz CT molecular complexity index is 867. The van der Waals surface area contributed by atoms with E-state index in [0.717, 1.165) is 30.2 Å². The second-order valence-corrected chi connectivity index (χ2v) is 7.44. The average Bonchev–Trinajstić information content (AvgIpc) is 3.11. The fraction of sp³-hybridized carbons (Fsp3) is 0.476. The summed E-state index contributed by atoms with van der Waals surface area (Å²) >= 11 is 0. The number of aromatic nitrogens is 1. The van der Waals surface area contributed by atoms with Crippen LogP contribution in [0.4, 0.5) is 0 Å². The summed E-state index contributed by atoms with van der Waals surface area (Å²) in [7, 11) is 0. The molecule has 1 heterocycles. The SMILES string of the molecule is N#Cc1cnc2ccccc2c1OCCOC(=O)C1CCC2(CCC2)C1. The maximum absolute atomic E-state index is 12.3. The topological polar surface area (TPSA) is 72.2 Å².